The maximum atomic E-state index is 11.0. The van der Waals surface area contributed by atoms with Gasteiger partial charge in [0.2, 0.25) is 0 Å². The number of imidazole rings is 1. The average Bonchev–Trinajstić information content (AvgIpc) is 2.83. The van der Waals surface area contributed by atoms with E-state index in [0.717, 1.165) is 11.0 Å². The third-order valence-corrected chi connectivity index (χ3v) is 4.31. The van der Waals surface area contributed by atoms with Crippen LogP contribution in [0.3, 0.4) is 0 Å². The molecule has 0 radical (unpaired) electrons. The van der Waals surface area contributed by atoms with Crippen LogP contribution in [0.2, 0.25) is 0 Å². The smallest absolute Gasteiger partial charge is 0.335 e. The molecule has 1 N–H and O–H groups in total. The molecule has 4 heteroatoms. The Morgan fingerprint density at radius 2 is 2.05 bits per heavy atom. The highest BCUT2D eigenvalue weighted by molar-refractivity contribution is 5.92. The van der Waals surface area contributed by atoms with Crippen molar-refractivity contribution < 1.29 is 9.90 Å². The number of aromatic nitrogens is 2. The molecule has 1 aliphatic carbocycles. The molecular formula is C15H18N2O2. The molecule has 19 heavy (non-hydrogen) atoms. The zero-order valence-corrected chi connectivity index (χ0v) is 11.1. The van der Waals surface area contributed by atoms with Gasteiger partial charge in [0.25, 0.3) is 0 Å². The lowest BCUT2D eigenvalue weighted by atomic mass is 9.83. The van der Waals surface area contributed by atoms with Gasteiger partial charge in [-0.05, 0) is 38.0 Å². The second-order valence-corrected chi connectivity index (χ2v) is 5.68. The Hall–Kier alpha value is -1.84. The van der Waals surface area contributed by atoms with Crippen LogP contribution in [0.25, 0.3) is 11.0 Å². The van der Waals surface area contributed by atoms with E-state index in [1.54, 1.807) is 12.1 Å². The van der Waals surface area contributed by atoms with Gasteiger partial charge < -0.3 is 9.67 Å². The molecule has 100 valence electrons. The zero-order valence-electron chi connectivity index (χ0n) is 11.1. The van der Waals surface area contributed by atoms with Crippen molar-refractivity contribution in [2.75, 3.05) is 0 Å². The number of carboxylic acids is 1. The Balaban J connectivity index is 2.08. The lowest BCUT2D eigenvalue weighted by Gasteiger charge is -2.35. The summed E-state index contributed by atoms with van der Waals surface area (Å²) >= 11 is 0. The number of carbonyl (C=O) groups is 1. The molecule has 1 aromatic carbocycles. The number of hydrogen-bond acceptors (Lipinski definition) is 2. The highest BCUT2D eigenvalue weighted by Gasteiger charge is 2.29. The number of benzene rings is 1. The van der Waals surface area contributed by atoms with Crippen LogP contribution >= 0.6 is 0 Å². The summed E-state index contributed by atoms with van der Waals surface area (Å²) < 4.78 is 2.23. The minimum atomic E-state index is -0.902. The van der Waals surface area contributed by atoms with Crippen molar-refractivity contribution in [1.82, 2.24) is 9.55 Å². The topological polar surface area (TPSA) is 55.1 Å². The van der Waals surface area contributed by atoms with Gasteiger partial charge in [-0.15, -0.1) is 0 Å². The van der Waals surface area contributed by atoms with E-state index in [4.69, 9.17) is 5.11 Å². The predicted molar refractivity (Wildman–Crippen MR) is 73.4 cm³/mol. The van der Waals surface area contributed by atoms with Crippen LogP contribution in [-0.4, -0.2) is 20.6 Å². The molecule has 1 fully saturated rings. The minimum absolute atomic E-state index is 0.123. The van der Waals surface area contributed by atoms with E-state index < -0.39 is 5.97 Å². The maximum Gasteiger partial charge on any atom is 0.335 e. The summed E-state index contributed by atoms with van der Waals surface area (Å²) in [6.45, 7) is 2.28. The van der Waals surface area contributed by atoms with Crippen LogP contribution in [0, 0.1) is 0 Å². The molecule has 1 saturated carbocycles. The fraction of sp³-hybridized carbons (Fsp3) is 0.467. The third kappa shape index (κ3) is 2.01. The van der Waals surface area contributed by atoms with Gasteiger partial charge in [0.15, 0.2) is 0 Å². The first kappa shape index (κ1) is 12.2. The number of aromatic carboxylic acids is 1. The molecule has 1 aliphatic rings. The molecule has 1 heterocycles. The van der Waals surface area contributed by atoms with E-state index in [9.17, 15) is 4.79 Å². The predicted octanol–water partition coefficient (Wildman–Crippen LogP) is 3.41. The highest BCUT2D eigenvalue weighted by Crippen LogP contribution is 2.36. The summed E-state index contributed by atoms with van der Waals surface area (Å²) in [6, 6.07) is 5.20. The van der Waals surface area contributed by atoms with Gasteiger partial charge in [-0.3, -0.25) is 0 Å². The van der Waals surface area contributed by atoms with Gasteiger partial charge in [-0.25, -0.2) is 9.78 Å². The van der Waals surface area contributed by atoms with E-state index in [-0.39, 0.29) is 5.54 Å². The summed E-state index contributed by atoms with van der Waals surface area (Å²) in [5, 5.41) is 9.02. The van der Waals surface area contributed by atoms with Crippen molar-refractivity contribution in [3.63, 3.8) is 0 Å². The van der Waals surface area contributed by atoms with Crippen LogP contribution in [0.5, 0.6) is 0 Å². The summed E-state index contributed by atoms with van der Waals surface area (Å²) in [5.74, 6) is -0.902. The number of fused-ring (bicyclic) bond motifs is 1. The SMILES string of the molecule is CC1(n2cnc3cc(C(=O)O)ccc32)CCCCC1. The van der Waals surface area contributed by atoms with E-state index in [1.165, 1.54) is 32.1 Å². The molecule has 0 bridgehead atoms. The van der Waals surface area contributed by atoms with Gasteiger partial charge in [-0.1, -0.05) is 19.3 Å². The fourth-order valence-corrected chi connectivity index (χ4v) is 3.13. The standard InChI is InChI=1S/C15H18N2O2/c1-15(7-3-2-4-8-15)17-10-16-12-9-11(14(18)19)5-6-13(12)17/h5-6,9-10H,2-4,7-8H2,1H3,(H,18,19). The first-order chi connectivity index (χ1) is 9.10. The van der Waals surface area contributed by atoms with Crippen LogP contribution in [0.4, 0.5) is 0 Å². The summed E-state index contributed by atoms with van der Waals surface area (Å²) in [5.41, 5.74) is 2.23. The molecule has 4 nitrogen and oxygen atoms in total. The van der Waals surface area contributed by atoms with E-state index in [1.807, 2.05) is 12.4 Å². The molecule has 2 aromatic rings. The minimum Gasteiger partial charge on any atom is -0.478 e. The molecule has 0 spiro atoms. The Labute approximate surface area is 112 Å². The van der Waals surface area contributed by atoms with Gasteiger partial charge in [-0.2, -0.15) is 0 Å². The Morgan fingerprint density at radius 3 is 2.74 bits per heavy atom. The van der Waals surface area contributed by atoms with Crippen LogP contribution in [0.1, 0.15) is 49.4 Å². The quantitative estimate of drug-likeness (QED) is 0.898. The van der Waals surface area contributed by atoms with Crippen molar-refractivity contribution in [2.45, 2.75) is 44.6 Å². The number of rotatable bonds is 2. The summed E-state index contributed by atoms with van der Waals surface area (Å²) in [7, 11) is 0. The molecule has 0 saturated heterocycles. The van der Waals surface area contributed by atoms with Crippen LogP contribution in [0.15, 0.2) is 24.5 Å². The number of hydrogen-bond donors (Lipinski definition) is 1. The highest BCUT2D eigenvalue weighted by atomic mass is 16.4. The summed E-state index contributed by atoms with van der Waals surface area (Å²) in [6.07, 6.45) is 8.01. The molecule has 0 amide bonds. The first-order valence-electron chi connectivity index (χ1n) is 6.81. The number of nitrogens with zero attached hydrogens (tertiary/aromatic N) is 2. The van der Waals surface area contributed by atoms with Gasteiger partial charge in [0.05, 0.1) is 22.9 Å². The van der Waals surface area contributed by atoms with Gasteiger partial charge in [0, 0.05) is 5.54 Å². The van der Waals surface area contributed by atoms with Crippen LogP contribution in [-0.2, 0) is 5.54 Å². The van der Waals surface area contributed by atoms with Crippen molar-refractivity contribution in [2.24, 2.45) is 0 Å². The Kier molecular flexibility index (Phi) is 2.81. The van der Waals surface area contributed by atoms with Crippen molar-refractivity contribution in [1.29, 1.82) is 0 Å². The summed E-state index contributed by atoms with van der Waals surface area (Å²) in [4.78, 5) is 15.4. The van der Waals surface area contributed by atoms with Crippen molar-refractivity contribution in [3.05, 3.63) is 30.1 Å². The number of carboxylic acid groups (broad SMARTS) is 1. The Morgan fingerprint density at radius 1 is 1.32 bits per heavy atom. The lowest BCUT2D eigenvalue weighted by Crippen LogP contribution is -2.31. The van der Waals surface area contributed by atoms with E-state index >= 15 is 0 Å². The zero-order chi connectivity index (χ0) is 13.5. The average molecular weight is 258 g/mol. The maximum absolute atomic E-state index is 11.0. The lowest BCUT2D eigenvalue weighted by molar-refractivity contribution is 0.0697. The molecule has 0 unspecified atom stereocenters. The van der Waals surface area contributed by atoms with Gasteiger partial charge >= 0.3 is 5.97 Å². The van der Waals surface area contributed by atoms with Crippen molar-refractivity contribution in [3.8, 4) is 0 Å². The second-order valence-electron chi connectivity index (χ2n) is 5.68. The normalized spacial score (nSPS) is 18.6. The Bertz CT molecular complexity index is 624. The van der Waals surface area contributed by atoms with E-state index in [0.29, 0.717) is 5.56 Å². The molecular weight excluding hydrogens is 240 g/mol. The van der Waals surface area contributed by atoms with Crippen LogP contribution < -0.4 is 0 Å². The largest absolute Gasteiger partial charge is 0.478 e. The first-order valence-corrected chi connectivity index (χ1v) is 6.81. The monoisotopic (exact) mass is 258 g/mol. The fourth-order valence-electron chi connectivity index (χ4n) is 3.13. The molecule has 0 atom stereocenters. The van der Waals surface area contributed by atoms with Crippen molar-refractivity contribution >= 4 is 17.0 Å². The van der Waals surface area contributed by atoms with E-state index in [2.05, 4.69) is 16.5 Å². The third-order valence-electron chi connectivity index (χ3n) is 4.31. The molecule has 0 aliphatic heterocycles. The second kappa shape index (κ2) is 4.37. The molecule has 3 rings (SSSR count). The molecule has 1 aromatic heterocycles. The van der Waals surface area contributed by atoms with Gasteiger partial charge in [0.1, 0.15) is 0 Å².